The zero-order valence-electron chi connectivity index (χ0n) is 28.2. The summed E-state index contributed by atoms with van der Waals surface area (Å²) in [5.74, 6) is 0. The Hall–Kier alpha value is -6.85. The molecule has 0 saturated heterocycles. The molecule has 0 saturated carbocycles. The molecule has 0 radical (unpaired) electrons. The highest BCUT2D eigenvalue weighted by molar-refractivity contribution is 5.99. The first-order valence-electron chi connectivity index (χ1n) is 17.0. The second-order valence-corrected chi connectivity index (χ2v) is 12.3. The van der Waals surface area contributed by atoms with E-state index in [2.05, 4.69) is 132 Å². The molecule has 1 aromatic heterocycles. The summed E-state index contributed by atoms with van der Waals surface area (Å²) < 4.78 is 0. The Labute approximate surface area is 298 Å². The molecular formula is C46H35N5. The minimum atomic E-state index is 0.818. The summed E-state index contributed by atoms with van der Waals surface area (Å²) in [5.41, 5.74) is 12.1. The van der Waals surface area contributed by atoms with Crippen molar-refractivity contribution in [3.8, 4) is 22.5 Å². The molecule has 0 fully saturated rings. The van der Waals surface area contributed by atoms with Gasteiger partial charge in [0.25, 0.3) is 0 Å². The van der Waals surface area contributed by atoms with Crippen molar-refractivity contribution in [2.75, 3.05) is 10.2 Å². The highest BCUT2D eigenvalue weighted by Crippen LogP contribution is 2.40. The van der Waals surface area contributed by atoms with Crippen molar-refractivity contribution in [1.82, 2.24) is 9.97 Å². The van der Waals surface area contributed by atoms with Crippen LogP contribution >= 0.6 is 0 Å². The first kappa shape index (κ1) is 31.4. The molecule has 0 amide bonds. The molecule has 0 bridgehead atoms. The molecule has 0 aliphatic heterocycles. The van der Waals surface area contributed by atoms with Crippen molar-refractivity contribution in [2.45, 2.75) is 6.92 Å². The fourth-order valence-electron chi connectivity index (χ4n) is 6.29. The Morgan fingerprint density at radius 3 is 1.90 bits per heavy atom. The SMILES string of the molecule is Cc1ccccc1N(c1ccc(-c2cnc(-c3ccc(C=Nc4ccccc4Nc4ccccc4)cc3)cn2)cc1)c1cccc2ccccc12. The lowest BCUT2D eigenvalue weighted by Crippen LogP contribution is -2.11. The van der Waals surface area contributed by atoms with E-state index < -0.39 is 0 Å². The maximum atomic E-state index is 4.80. The number of nitrogens with one attached hydrogen (secondary N) is 1. The van der Waals surface area contributed by atoms with Crippen molar-refractivity contribution in [1.29, 1.82) is 0 Å². The fourth-order valence-corrected chi connectivity index (χ4v) is 6.29. The molecular weight excluding hydrogens is 623 g/mol. The number of anilines is 5. The van der Waals surface area contributed by atoms with Gasteiger partial charge in [-0.25, -0.2) is 0 Å². The summed E-state index contributed by atoms with van der Waals surface area (Å²) in [6.45, 7) is 2.16. The van der Waals surface area contributed by atoms with E-state index in [0.29, 0.717) is 0 Å². The van der Waals surface area contributed by atoms with Crippen LogP contribution in [0.3, 0.4) is 0 Å². The van der Waals surface area contributed by atoms with E-state index in [9.17, 15) is 0 Å². The van der Waals surface area contributed by atoms with Crippen LogP contribution in [0.25, 0.3) is 33.3 Å². The molecule has 0 spiro atoms. The van der Waals surface area contributed by atoms with Crippen molar-refractivity contribution in [2.24, 2.45) is 4.99 Å². The standard InChI is InChI=1S/C46H35N5/c1-33-12-5-10-20-45(33)51(46-21-11-14-35-13-6-7-17-40(35)46)39-28-26-37(27-29-39)44-32-48-43(31-49-44)36-24-22-34(23-25-36)30-47-41-18-8-9-19-42(41)50-38-15-3-2-4-16-38/h2-32,50H,1H3. The highest BCUT2D eigenvalue weighted by atomic mass is 15.1. The predicted octanol–water partition coefficient (Wildman–Crippen LogP) is 12.2. The molecule has 8 rings (SSSR count). The molecule has 5 heteroatoms. The number of aromatic nitrogens is 2. The lowest BCUT2D eigenvalue weighted by molar-refractivity contribution is 1.21. The predicted molar refractivity (Wildman–Crippen MR) is 213 cm³/mol. The molecule has 0 unspecified atom stereocenters. The lowest BCUT2D eigenvalue weighted by Gasteiger charge is -2.28. The second-order valence-electron chi connectivity index (χ2n) is 12.3. The fraction of sp³-hybridized carbons (Fsp3) is 0.0217. The van der Waals surface area contributed by atoms with Gasteiger partial charge in [-0.3, -0.25) is 15.0 Å². The number of fused-ring (bicyclic) bond motifs is 1. The van der Waals surface area contributed by atoms with Crippen LogP contribution in [-0.4, -0.2) is 16.2 Å². The number of para-hydroxylation sites is 4. The maximum Gasteiger partial charge on any atom is 0.0885 e. The number of benzene rings is 7. The Morgan fingerprint density at radius 2 is 1.16 bits per heavy atom. The summed E-state index contributed by atoms with van der Waals surface area (Å²) in [5, 5.41) is 5.87. The van der Waals surface area contributed by atoms with Gasteiger partial charge in [0.1, 0.15) is 0 Å². The first-order valence-corrected chi connectivity index (χ1v) is 17.0. The highest BCUT2D eigenvalue weighted by Gasteiger charge is 2.17. The van der Waals surface area contributed by atoms with Gasteiger partial charge in [-0.2, -0.15) is 0 Å². The van der Waals surface area contributed by atoms with E-state index in [1.807, 2.05) is 73.2 Å². The van der Waals surface area contributed by atoms with Gasteiger partial charge in [-0.05, 0) is 72.0 Å². The molecule has 51 heavy (non-hydrogen) atoms. The third kappa shape index (κ3) is 6.87. The van der Waals surface area contributed by atoms with Crippen LogP contribution in [0.4, 0.5) is 34.1 Å². The first-order chi connectivity index (χ1) is 25.2. The number of hydrogen-bond acceptors (Lipinski definition) is 5. The molecule has 5 nitrogen and oxygen atoms in total. The monoisotopic (exact) mass is 657 g/mol. The van der Waals surface area contributed by atoms with E-state index in [4.69, 9.17) is 15.0 Å². The number of rotatable bonds is 9. The molecule has 244 valence electrons. The van der Waals surface area contributed by atoms with Crippen LogP contribution < -0.4 is 10.2 Å². The quantitative estimate of drug-likeness (QED) is 0.157. The van der Waals surface area contributed by atoms with E-state index in [1.165, 1.54) is 16.3 Å². The third-order valence-corrected chi connectivity index (χ3v) is 8.95. The van der Waals surface area contributed by atoms with Crippen molar-refractivity contribution in [3.05, 3.63) is 193 Å². The van der Waals surface area contributed by atoms with Gasteiger partial charge in [0.2, 0.25) is 0 Å². The number of aryl methyl sites for hydroxylation is 1. The van der Waals surface area contributed by atoms with Gasteiger partial charge < -0.3 is 10.2 Å². The van der Waals surface area contributed by atoms with Gasteiger partial charge >= 0.3 is 0 Å². The molecule has 7 aromatic carbocycles. The zero-order chi connectivity index (χ0) is 34.4. The van der Waals surface area contributed by atoms with Gasteiger partial charge in [0.15, 0.2) is 0 Å². The zero-order valence-corrected chi connectivity index (χ0v) is 28.2. The Kier molecular flexibility index (Phi) is 8.83. The minimum Gasteiger partial charge on any atom is -0.354 e. The molecule has 0 atom stereocenters. The van der Waals surface area contributed by atoms with Gasteiger partial charge in [0.05, 0.1) is 40.8 Å². The number of nitrogens with zero attached hydrogens (tertiary/aromatic N) is 4. The van der Waals surface area contributed by atoms with Crippen molar-refractivity contribution < 1.29 is 0 Å². The average Bonchev–Trinajstić information content (AvgIpc) is 3.19. The van der Waals surface area contributed by atoms with Gasteiger partial charge in [-0.1, -0.05) is 121 Å². The topological polar surface area (TPSA) is 53.4 Å². The molecule has 1 N–H and O–H groups in total. The summed E-state index contributed by atoms with van der Waals surface area (Å²) in [6.07, 6.45) is 5.57. The van der Waals surface area contributed by atoms with Crippen LogP contribution in [0, 0.1) is 6.92 Å². The minimum absolute atomic E-state index is 0.818. The normalized spacial score (nSPS) is 11.2. The van der Waals surface area contributed by atoms with Crippen molar-refractivity contribution >= 4 is 51.1 Å². The van der Waals surface area contributed by atoms with Gasteiger partial charge in [-0.15, -0.1) is 0 Å². The van der Waals surface area contributed by atoms with E-state index in [0.717, 1.165) is 62.2 Å². The van der Waals surface area contributed by atoms with Crippen LogP contribution in [0.15, 0.2) is 187 Å². The molecule has 8 aromatic rings. The summed E-state index contributed by atoms with van der Waals surface area (Å²) in [6, 6.07) is 58.5. The summed E-state index contributed by atoms with van der Waals surface area (Å²) in [7, 11) is 0. The number of hydrogen-bond donors (Lipinski definition) is 1. The van der Waals surface area contributed by atoms with E-state index >= 15 is 0 Å². The van der Waals surface area contributed by atoms with Crippen LogP contribution in [0.2, 0.25) is 0 Å². The average molecular weight is 658 g/mol. The van der Waals surface area contributed by atoms with Crippen LogP contribution in [0.5, 0.6) is 0 Å². The van der Waals surface area contributed by atoms with E-state index in [1.54, 1.807) is 0 Å². The number of aliphatic imine (C=N–C) groups is 1. The summed E-state index contributed by atoms with van der Waals surface area (Å²) >= 11 is 0. The lowest BCUT2D eigenvalue weighted by atomic mass is 10.0. The van der Waals surface area contributed by atoms with E-state index in [-0.39, 0.29) is 0 Å². The van der Waals surface area contributed by atoms with Crippen molar-refractivity contribution in [3.63, 3.8) is 0 Å². The largest absolute Gasteiger partial charge is 0.354 e. The Bertz CT molecular complexity index is 2430. The molecule has 1 heterocycles. The maximum absolute atomic E-state index is 4.80. The Balaban J connectivity index is 1.00. The van der Waals surface area contributed by atoms with Gasteiger partial charge in [0, 0.05) is 39.8 Å². The Morgan fingerprint density at radius 1 is 0.549 bits per heavy atom. The third-order valence-electron chi connectivity index (χ3n) is 8.95. The smallest absolute Gasteiger partial charge is 0.0885 e. The van der Waals surface area contributed by atoms with Crippen LogP contribution in [-0.2, 0) is 0 Å². The molecule has 0 aliphatic rings. The molecule has 0 aliphatic carbocycles. The second kappa shape index (κ2) is 14.3. The summed E-state index contributed by atoms with van der Waals surface area (Å²) in [4.78, 5) is 16.7. The van der Waals surface area contributed by atoms with Crippen LogP contribution in [0.1, 0.15) is 11.1 Å².